The maximum atomic E-state index is 11.4. The highest BCUT2D eigenvalue weighted by atomic mass is 32.2. The van der Waals surface area contributed by atoms with Crippen molar-refractivity contribution in [1.82, 2.24) is 5.32 Å². The van der Waals surface area contributed by atoms with E-state index in [9.17, 15) is 4.21 Å². The molecule has 1 N–H and O–H groups in total. The van der Waals surface area contributed by atoms with Gasteiger partial charge in [-0.3, -0.25) is 4.21 Å². The van der Waals surface area contributed by atoms with E-state index in [4.69, 9.17) is 0 Å². The molecule has 0 saturated carbocycles. The lowest BCUT2D eigenvalue weighted by atomic mass is 9.96. The van der Waals surface area contributed by atoms with Crippen molar-refractivity contribution in [2.45, 2.75) is 30.7 Å². The molecule has 0 radical (unpaired) electrons. The monoisotopic (exact) mass is 301 g/mol. The Hall–Kier alpha value is -1.45. The Morgan fingerprint density at radius 2 is 1.71 bits per heavy atom. The van der Waals surface area contributed by atoms with E-state index < -0.39 is 10.8 Å². The Morgan fingerprint density at radius 1 is 1.05 bits per heavy atom. The van der Waals surface area contributed by atoms with Gasteiger partial charge in [0.1, 0.15) is 0 Å². The molecule has 2 rings (SSSR count). The fraction of sp³-hybridized carbons (Fsp3) is 0.333. The lowest BCUT2D eigenvalue weighted by Crippen LogP contribution is -2.20. The predicted octanol–water partition coefficient (Wildman–Crippen LogP) is 3.71. The van der Waals surface area contributed by atoms with E-state index >= 15 is 0 Å². The Bertz CT molecular complexity index is 566. The second kappa shape index (κ2) is 8.11. The molecule has 0 saturated heterocycles. The number of nitrogens with one attached hydrogen (secondary N) is 1. The van der Waals surface area contributed by atoms with Crippen molar-refractivity contribution in [3.63, 3.8) is 0 Å². The molecule has 0 bridgehead atoms. The van der Waals surface area contributed by atoms with Crippen LogP contribution in [-0.2, 0) is 17.3 Å². The van der Waals surface area contributed by atoms with Crippen LogP contribution in [0.5, 0.6) is 0 Å². The molecule has 2 aromatic rings. The molecule has 21 heavy (non-hydrogen) atoms. The van der Waals surface area contributed by atoms with Gasteiger partial charge in [0.05, 0.1) is 0 Å². The lowest BCUT2D eigenvalue weighted by Gasteiger charge is -2.16. The van der Waals surface area contributed by atoms with Crippen molar-refractivity contribution in [2.75, 3.05) is 12.8 Å². The van der Waals surface area contributed by atoms with E-state index in [1.165, 1.54) is 11.1 Å². The van der Waals surface area contributed by atoms with Crippen LogP contribution in [0.15, 0.2) is 59.5 Å². The maximum Gasteiger partial charge on any atom is 0.0498 e. The summed E-state index contributed by atoms with van der Waals surface area (Å²) in [7, 11) is -0.897. The van der Waals surface area contributed by atoms with Crippen LogP contribution in [0.2, 0.25) is 0 Å². The molecule has 0 heterocycles. The zero-order chi connectivity index (χ0) is 15.1. The van der Waals surface area contributed by atoms with E-state index in [0.717, 1.165) is 24.4 Å². The first-order chi connectivity index (χ1) is 10.2. The standard InChI is InChI=1S/C18H23NOS/c1-3-16(17-7-5-4-6-8-17)14-19-13-15-9-11-18(12-10-15)21(2)20/h4-12,16,19H,3,13-14H2,1-2H3/t16-,21+/m0/s1. The van der Waals surface area contributed by atoms with Crippen molar-refractivity contribution >= 4 is 10.8 Å². The molecule has 0 aromatic heterocycles. The van der Waals surface area contributed by atoms with Crippen molar-refractivity contribution in [2.24, 2.45) is 0 Å². The van der Waals surface area contributed by atoms with Gasteiger partial charge in [-0.05, 0) is 35.6 Å². The first-order valence-electron chi connectivity index (χ1n) is 7.38. The summed E-state index contributed by atoms with van der Waals surface area (Å²) < 4.78 is 11.4. The normalized spacial score (nSPS) is 13.8. The van der Waals surface area contributed by atoms with Crippen molar-refractivity contribution in [3.05, 3.63) is 65.7 Å². The molecule has 2 nitrogen and oxygen atoms in total. The summed E-state index contributed by atoms with van der Waals surface area (Å²) in [6, 6.07) is 18.6. The fourth-order valence-corrected chi connectivity index (χ4v) is 2.93. The smallest absolute Gasteiger partial charge is 0.0498 e. The van der Waals surface area contributed by atoms with Gasteiger partial charge >= 0.3 is 0 Å². The molecule has 0 aliphatic heterocycles. The largest absolute Gasteiger partial charge is 0.312 e. The zero-order valence-corrected chi connectivity index (χ0v) is 13.5. The molecule has 0 amide bonds. The quantitative estimate of drug-likeness (QED) is 0.844. The molecule has 0 aliphatic carbocycles. The van der Waals surface area contributed by atoms with Crippen LogP contribution in [0.3, 0.4) is 0 Å². The van der Waals surface area contributed by atoms with Gasteiger partial charge in [0.15, 0.2) is 0 Å². The Balaban J connectivity index is 1.87. The van der Waals surface area contributed by atoms with Crippen LogP contribution in [0.25, 0.3) is 0 Å². The van der Waals surface area contributed by atoms with E-state index in [2.05, 4.69) is 42.6 Å². The summed E-state index contributed by atoms with van der Waals surface area (Å²) in [6.45, 7) is 4.05. The third kappa shape index (κ3) is 4.80. The minimum absolute atomic E-state index is 0.550. The van der Waals surface area contributed by atoms with Gasteiger partial charge in [0, 0.05) is 35.0 Å². The maximum absolute atomic E-state index is 11.4. The average Bonchev–Trinajstić information content (AvgIpc) is 2.53. The molecule has 0 fully saturated rings. The lowest BCUT2D eigenvalue weighted by molar-refractivity contribution is 0.569. The number of hydrogen-bond acceptors (Lipinski definition) is 2. The van der Waals surface area contributed by atoms with E-state index in [1.807, 2.05) is 24.3 Å². The minimum Gasteiger partial charge on any atom is -0.312 e. The summed E-state index contributed by atoms with van der Waals surface area (Å²) >= 11 is 0. The summed E-state index contributed by atoms with van der Waals surface area (Å²) in [5.41, 5.74) is 2.62. The van der Waals surface area contributed by atoms with E-state index in [1.54, 1.807) is 6.26 Å². The summed E-state index contributed by atoms with van der Waals surface area (Å²) in [6.07, 6.45) is 2.84. The Morgan fingerprint density at radius 3 is 2.29 bits per heavy atom. The molecular formula is C18H23NOS. The molecule has 112 valence electrons. The molecule has 0 spiro atoms. The highest BCUT2D eigenvalue weighted by Crippen LogP contribution is 2.18. The second-order valence-corrected chi connectivity index (χ2v) is 6.62. The topological polar surface area (TPSA) is 29.1 Å². The van der Waals surface area contributed by atoms with Crippen molar-refractivity contribution < 1.29 is 4.21 Å². The van der Waals surface area contributed by atoms with Gasteiger partial charge in [-0.1, -0.05) is 49.4 Å². The highest BCUT2D eigenvalue weighted by Gasteiger charge is 2.08. The average molecular weight is 301 g/mol. The van der Waals surface area contributed by atoms with Gasteiger partial charge in [0.25, 0.3) is 0 Å². The molecule has 2 aromatic carbocycles. The van der Waals surface area contributed by atoms with Gasteiger partial charge < -0.3 is 5.32 Å². The van der Waals surface area contributed by atoms with Crippen LogP contribution in [0, 0.1) is 0 Å². The summed E-state index contributed by atoms with van der Waals surface area (Å²) in [5, 5.41) is 3.52. The predicted molar refractivity (Wildman–Crippen MR) is 90.0 cm³/mol. The molecule has 0 unspecified atom stereocenters. The first kappa shape index (κ1) is 15.9. The summed E-state index contributed by atoms with van der Waals surface area (Å²) in [4.78, 5) is 0.884. The van der Waals surface area contributed by atoms with Gasteiger partial charge in [-0.2, -0.15) is 0 Å². The van der Waals surface area contributed by atoms with Crippen LogP contribution in [0.4, 0.5) is 0 Å². The van der Waals surface area contributed by atoms with Gasteiger partial charge in [0.2, 0.25) is 0 Å². The SMILES string of the molecule is CC[C@@H](CNCc1ccc([S@@](C)=O)cc1)c1ccccc1. The van der Waals surface area contributed by atoms with Crippen LogP contribution < -0.4 is 5.32 Å². The van der Waals surface area contributed by atoms with Crippen LogP contribution >= 0.6 is 0 Å². The van der Waals surface area contributed by atoms with Gasteiger partial charge in [-0.15, -0.1) is 0 Å². The Kier molecular flexibility index (Phi) is 6.15. The fourth-order valence-electron chi connectivity index (χ4n) is 2.41. The van der Waals surface area contributed by atoms with Crippen LogP contribution in [-0.4, -0.2) is 17.0 Å². The van der Waals surface area contributed by atoms with E-state index in [-0.39, 0.29) is 0 Å². The molecule has 0 aliphatic rings. The van der Waals surface area contributed by atoms with Gasteiger partial charge in [-0.25, -0.2) is 0 Å². The molecular weight excluding hydrogens is 278 g/mol. The highest BCUT2D eigenvalue weighted by molar-refractivity contribution is 7.84. The Labute approximate surface area is 130 Å². The summed E-state index contributed by atoms with van der Waals surface area (Å²) in [5.74, 6) is 0.550. The van der Waals surface area contributed by atoms with Crippen LogP contribution in [0.1, 0.15) is 30.4 Å². The molecule has 3 heteroatoms. The number of benzene rings is 2. The first-order valence-corrected chi connectivity index (χ1v) is 8.94. The van der Waals surface area contributed by atoms with Crippen molar-refractivity contribution in [3.8, 4) is 0 Å². The van der Waals surface area contributed by atoms with E-state index in [0.29, 0.717) is 5.92 Å². The molecule has 2 atom stereocenters. The second-order valence-electron chi connectivity index (χ2n) is 5.24. The third-order valence-corrected chi connectivity index (χ3v) is 4.67. The number of hydrogen-bond donors (Lipinski definition) is 1. The minimum atomic E-state index is -0.897. The third-order valence-electron chi connectivity index (χ3n) is 3.74. The number of rotatable bonds is 7. The zero-order valence-electron chi connectivity index (χ0n) is 12.7. The van der Waals surface area contributed by atoms with Crippen molar-refractivity contribution in [1.29, 1.82) is 0 Å².